The van der Waals surface area contributed by atoms with Gasteiger partial charge in [-0.3, -0.25) is 14.4 Å². The van der Waals surface area contributed by atoms with Crippen LogP contribution in [0.15, 0.2) is 47.4 Å². The minimum Gasteiger partial charge on any atom is -0.349 e. The van der Waals surface area contributed by atoms with E-state index in [0.29, 0.717) is 23.7 Å². The van der Waals surface area contributed by atoms with E-state index in [0.717, 1.165) is 31.2 Å². The summed E-state index contributed by atoms with van der Waals surface area (Å²) in [6, 6.07) is 11.0. The molecule has 2 aliphatic rings. The molecular weight excluding hydrogens is 342 g/mol. The SMILES string of the molecule is Cn1ccc(C(=O)N(Cc2ccc(C(=O)NC3CC3)cc2)C2CC2)cc1=O. The molecule has 2 amide bonds. The number of aromatic nitrogens is 1. The van der Waals surface area contributed by atoms with Crippen LogP contribution in [0, 0.1) is 0 Å². The van der Waals surface area contributed by atoms with E-state index >= 15 is 0 Å². The Labute approximate surface area is 157 Å². The molecule has 1 aromatic heterocycles. The van der Waals surface area contributed by atoms with Crippen molar-refractivity contribution in [1.82, 2.24) is 14.8 Å². The molecule has 0 unspecified atom stereocenters. The van der Waals surface area contributed by atoms with Gasteiger partial charge < -0.3 is 14.8 Å². The fourth-order valence-corrected chi connectivity index (χ4v) is 3.05. The fourth-order valence-electron chi connectivity index (χ4n) is 3.05. The number of nitrogens with zero attached hydrogens (tertiary/aromatic N) is 2. The third kappa shape index (κ3) is 4.10. The zero-order valence-corrected chi connectivity index (χ0v) is 15.4. The van der Waals surface area contributed by atoms with Gasteiger partial charge in [0.1, 0.15) is 0 Å². The second kappa shape index (κ2) is 7.02. The quantitative estimate of drug-likeness (QED) is 0.852. The first-order valence-corrected chi connectivity index (χ1v) is 9.39. The summed E-state index contributed by atoms with van der Waals surface area (Å²) >= 11 is 0. The van der Waals surface area contributed by atoms with Crippen LogP contribution < -0.4 is 10.9 Å². The third-order valence-corrected chi connectivity index (χ3v) is 5.08. The number of carbonyl (C=O) groups is 2. The van der Waals surface area contributed by atoms with Crippen LogP contribution in [-0.4, -0.2) is 33.4 Å². The van der Waals surface area contributed by atoms with E-state index in [1.165, 1.54) is 10.6 Å². The Kier molecular flexibility index (Phi) is 4.56. The van der Waals surface area contributed by atoms with Crippen LogP contribution in [0.25, 0.3) is 0 Å². The van der Waals surface area contributed by atoms with Gasteiger partial charge in [0.05, 0.1) is 0 Å². The molecule has 0 radical (unpaired) electrons. The van der Waals surface area contributed by atoms with E-state index in [4.69, 9.17) is 0 Å². The maximum absolute atomic E-state index is 12.9. The smallest absolute Gasteiger partial charge is 0.254 e. The Morgan fingerprint density at radius 1 is 1.07 bits per heavy atom. The number of carbonyl (C=O) groups excluding carboxylic acids is 2. The van der Waals surface area contributed by atoms with E-state index in [9.17, 15) is 14.4 Å². The molecule has 0 spiro atoms. The summed E-state index contributed by atoms with van der Waals surface area (Å²) in [7, 11) is 1.66. The molecule has 2 aliphatic carbocycles. The molecule has 140 valence electrons. The number of pyridine rings is 1. The summed E-state index contributed by atoms with van der Waals surface area (Å²) in [4.78, 5) is 38.7. The van der Waals surface area contributed by atoms with Gasteiger partial charge in [0.2, 0.25) is 0 Å². The van der Waals surface area contributed by atoms with Crippen molar-refractivity contribution >= 4 is 11.8 Å². The van der Waals surface area contributed by atoms with E-state index in [-0.39, 0.29) is 23.4 Å². The molecule has 4 rings (SSSR count). The zero-order valence-electron chi connectivity index (χ0n) is 15.4. The van der Waals surface area contributed by atoms with Gasteiger partial charge in [-0.05, 0) is 49.4 Å². The lowest BCUT2D eigenvalue weighted by atomic mass is 10.1. The second-order valence-corrected chi connectivity index (χ2v) is 7.47. The average molecular weight is 365 g/mol. The molecule has 0 atom stereocenters. The van der Waals surface area contributed by atoms with Crippen molar-refractivity contribution < 1.29 is 9.59 Å². The molecule has 1 heterocycles. The first kappa shape index (κ1) is 17.5. The lowest BCUT2D eigenvalue weighted by Crippen LogP contribution is -2.33. The van der Waals surface area contributed by atoms with Gasteiger partial charge in [0.25, 0.3) is 17.4 Å². The van der Waals surface area contributed by atoms with Gasteiger partial charge in [-0.1, -0.05) is 12.1 Å². The Balaban J connectivity index is 1.48. The van der Waals surface area contributed by atoms with Crippen molar-refractivity contribution in [1.29, 1.82) is 0 Å². The number of hydrogen-bond donors (Lipinski definition) is 1. The highest BCUT2D eigenvalue weighted by Crippen LogP contribution is 2.29. The first-order chi connectivity index (χ1) is 13.0. The Morgan fingerprint density at radius 3 is 2.37 bits per heavy atom. The van der Waals surface area contributed by atoms with Crippen molar-refractivity contribution in [3.8, 4) is 0 Å². The highest BCUT2D eigenvalue weighted by Gasteiger charge is 2.33. The van der Waals surface area contributed by atoms with Crippen LogP contribution in [0.1, 0.15) is 52.0 Å². The second-order valence-electron chi connectivity index (χ2n) is 7.47. The van der Waals surface area contributed by atoms with Crippen LogP contribution in [0.3, 0.4) is 0 Å². The van der Waals surface area contributed by atoms with Crippen LogP contribution in [0.2, 0.25) is 0 Å². The maximum Gasteiger partial charge on any atom is 0.254 e. The van der Waals surface area contributed by atoms with Gasteiger partial charge in [-0.15, -0.1) is 0 Å². The first-order valence-electron chi connectivity index (χ1n) is 9.39. The summed E-state index contributed by atoms with van der Waals surface area (Å²) in [6.45, 7) is 0.475. The number of nitrogens with one attached hydrogen (secondary N) is 1. The molecular formula is C21H23N3O3. The fraction of sp³-hybridized carbons (Fsp3) is 0.381. The summed E-state index contributed by atoms with van der Waals surface area (Å²) < 4.78 is 1.45. The Hall–Kier alpha value is -2.89. The summed E-state index contributed by atoms with van der Waals surface area (Å²) in [5, 5.41) is 2.97. The highest BCUT2D eigenvalue weighted by molar-refractivity contribution is 5.95. The number of hydrogen-bond acceptors (Lipinski definition) is 3. The molecule has 2 fully saturated rings. The molecule has 1 N–H and O–H groups in total. The topological polar surface area (TPSA) is 71.4 Å². The van der Waals surface area contributed by atoms with Crippen molar-refractivity contribution in [2.75, 3.05) is 0 Å². The summed E-state index contributed by atoms with van der Waals surface area (Å²) in [5.74, 6) is -0.162. The van der Waals surface area contributed by atoms with E-state index < -0.39 is 0 Å². The molecule has 2 saturated carbocycles. The molecule has 6 nitrogen and oxygen atoms in total. The van der Waals surface area contributed by atoms with Crippen LogP contribution >= 0.6 is 0 Å². The molecule has 1 aromatic carbocycles. The predicted molar refractivity (Wildman–Crippen MR) is 102 cm³/mol. The van der Waals surface area contributed by atoms with Gasteiger partial charge in [-0.25, -0.2) is 0 Å². The lowest BCUT2D eigenvalue weighted by Gasteiger charge is -2.23. The Morgan fingerprint density at radius 2 is 1.78 bits per heavy atom. The summed E-state index contributed by atoms with van der Waals surface area (Å²) in [5.41, 5.74) is 1.84. The van der Waals surface area contributed by atoms with Crippen molar-refractivity contribution in [3.63, 3.8) is 0 Å². The minimum atomic E-state index is -0.192. The standard InChI is InChI=1S/C21H23N3O3/c1-23-11-10-16(12-19(23)25)21(27)24(18-8-9-18)13-14-2-4-15(5-3-14)20(26)22-17-6-7-17/h2-5,10-12,17-18H,6-9,13H2,1H3,(H,22,26). The van der Waals surface area contributed by atoms with E-state index in [2.05, 4.69) is 5.32 Å². The number of rotatable bonds is 6. The largest absolute Gasteiger partial charge is 0.349 e. The van der Waals surface area contributed by atoms with E-state index in [1.807, 2.05) is 17.0 Å². The zero-order chi connectivity index (χ0) is 19.0. The molecule has 27 heavy (non-hydrogen) atoms. The monoisotopic (exact) mass is 365 g/mol. The molecule has 6 heteroatoms. The van der Waals surface area contributed by atoms with Gasteiger partial charge in [0, 0.05) is 49.1 Å². The number of benzene rings is 1. The predicted octanol–water partition coefficient (Wildman–Crippen LogP) is 2.08. The van der Waals surface area contributed by atoms with Crippen molar-refractivity contribution in [2.24, 2.45) is 7.05 Å². The normalized spacial score (nSPS) is 16.0. The lowest BCUT2D eigenvalue weighted by molar-refractivity contribution is 0.0729. The van der Waals surface area contributed by atoms with E-state index in [1.54, 1.807) is 31.4 Å². The van der Waals surface area contributed by atoms with Crippen LogP contribution in [-0.2, 0) is 13.6 Å². The number of aryl methyl sites for hydroxylation is 1. The van der Waals surface area contributed by atoms with Crippen molar-refractivity contribution in [2.45, 2.75) is 44.3 Å². The highest BCUT2D eigenvalue weighted by atomic mass is 16.2. The van der Waals surface area contributed by atoms with Gasteiger partial charge in [-0.2, -0.15) is 0 Å². The van der Waals surface area contributed by atoms with Crippen LogP contribution in [0.4, 0.5) is 0 Å². The summed E-state index contributed by atoms with van der Waals surface area (Å²) in [6.07, 6.45) is 5.71. The molecule has 0 aliphatic heterocycles. The van der Waals surface area contributed by atoms with Crippen LogP contribution in [0.5, 0.6) is 0 Å². The average Bonchev–Trinajstić information content (AvgIpc) is 3.56. The van der Waals surface area contributed by atoms with Crippen molar-refractivity contribution in [3.05, 3.63) is 69.6 Å². The van der Waals surface area contributed by atoms with Gasteiger partial charge in [0.15, 0.2) is 0 Å². The Bertz CT molecular complexity index is 924. The number of amides is 2. The maximum atomic E-state index is 12.9. The third-order valence-electron chi connectivity index (χ3n) is 5.08. The molecule has 0 saturated heterocycles. The molecule has 0 bridgehead atoms. The van der Waals surface area contributed by atoms with Gasteiger partial charge >= 0.3 is 0 Å². The molecule has 2 aromatic rings. The minimum absolute atomic E-state index is 0.0423.